The normalized spacial score (nSPS) is 16.9. The second-order valence-corrected chi connectivity index (χ2v) is 7.12. The fourth-order valence-corrected chi connectivity index (χ4v) is 3.60. The van der Waals surface area contributed by atoms with Crippen LogP contribution in [0, 0.1) is 13.8 Å². The smallest absolute Gasteiger partial charge is 0.321 e. The molecular formula is C19H24N8O. The summed E-state index contributed by atoms with van der Waals surface area (Å²) in [5.74, 6) is 1.63. The minimum absolute atomic E-state index is 0.0882. The second-order valence-electron chi connectivity index (χ2n) is 7.12. The third kappa shape index (κ3) is 4.03. The van der Waals surface area contributed by atoms with Gasteiger partial charge in [-0.2, -0.15) is 5.10 Å². The van der Waals surface area contributed by atoms with E-state index in [4.69, 9.17) is 0 Å². The summed E-state index contributed by atoms with van der Waals surface area (Å²) in [6, 6.07) is 7.93. The van der Waals surface area contributed by atoms with Gasteiger partial charge in [0.25, 0.3) is 0 Å². The van der Waals surface area contributed by atoms with E-state index >= 15 is 0 Å². The molecule has 1 unspecified atom stereocenters. The van der Waals surface area contributed by atoms with Gasteiger partial charge in [0.2, 0.25) is 0 Å². The first-order chi connectivity index (χ1) is 13.6. The molecule has 1 atom stereocenters. The maximum Gasteiger partial charge on any atom is 0.321 e. The van der Waals surface area contributed by atoms with Crippen molar-refractivity contribution in [3.05, 3.63) is 53.9 Å². The van der Waals surface area contributed by atoms with Gasteiger partial charge in [0.15, 0.2) is 0 Å². The van der Waals surface area contributed by atoms with Gasteiger partial charge in [-0.15, -0.1) is 5.10 Å². The number of nitrogens with one attached hydrogen (secondary N) is 1. The van der Waals surface area contributed by atoms with Crippen LogP contribution < -0.4 is 5.32 Å². The van der Waals surface area contributed by atoms with Crippen LogP contribution in [-0.2, 0) is 6.54 Å². The molecule has 1 N–H and O–H groups in total. The van der Waals surface area contributed by atoms with Crippen LogP contribution in [0.3, 0.4) is 0 Å². The summed E-state index contributed by atoms with van der Waals surface area (Å²) in [7, 11) is 0. The van der Waals surface area contributed by atoms with E-state index in [1.807, 2.05) is 58.6 Å². The summed E-state index contributed by atoms with van der Waals surface area (Å²) in [6.07, 6.45) is 5.47. The van der Waals surface area contributed by atoms with Crippen LogP contribution in [0.5, 0.6) is 0 Å². The molecule has 9 nitrogen and oxygen atoms in total. The summed E-state index contributed by atoms with van der Waals surface area (Å²) < 4.78 is 3.70. The van der Waals surface area contributed by atoms with Crippen LogP contribution >= 0.6 is 0 Å². The molecule has 146 valence electrons. The molecule has 0 spiro atoms. The lowest BCUT2D eigenvalue weighted by atomic mass is 10.1. The Balaban J connectivity index is 1.41. The van der Waals surface area contributed by atoms with Crippen molar-refractivity contribution < 1.29 is 4.79 Å². The Labute approximate surface area is 163 Å². The highest BCUT2D eigenvalue weighted by atomic mass is 16.2. The van der Waals surface area contributed by atoms with Gasteiger partial charge in [0.1, 0.15) is 11.6 Å². The van der Waals surface area contributed by atoms with Crippen LogP contribution in [0.4, 0.5) is 10.5 Å². The predicted octanol–water partition coefficient (Wildman–Crippen LogP) is 2.40. The van der Waals surface area contributed by atoms with Crippen LogP contribution in [0.1, 0.15) is 36.1 Å². The summed E-state index contributed by atoms with van der Waals surface area (Å²) in [5, 5.41) is 15.4. The van der Waals surface area contributed by atoms with E-state index < -0.39 is 0 Å². The first kappa shape index (κ1) is 18.1. The lowest BCUT2D eigenvalue weighted by Crippen LogP contribution is -2.43. The van der Waals surface area contributed by atoms with E-state index in [9.17, 15) is 4.79 Å². The van der Waals surface area contributed by atoms with Crippen molar-refractivity contribution in [2.24, 2.45) is 0 Å². The zero-order chi connectivity index (χ0) is 19.5. The number of carbonyl (C=O) groups is 1. The third-order valence-electron chi connectivity index (χ3n) is 4.97. The summed E-state index contributed by atoms with van der Waals surface area (Å²) in [5.41, 5.74) is 1.84. The van der Waals surface area contributed by atoms with Gasteiger partial charge in [0, 0.05) is 25.0 Å². The van der Waals surface area contributed by atoms with Gasteiger partial charge in [-0.05, 0) is 44.4 Å². The molecular weight excluding hydrogens is 356 g/mol. The molecule has 0 saturated carbocycles. The van der Waals surface area contributed by atoms with Crippen molar-refractivity contribution in [3.8, 4) is 0 Å². The van der Waals surface area contributed by atoms with Crippen molar-refractivity contribution in [3.63, 3.8) is 0 Å². The maximum atomic E-state index is 12.8. The van der Waals surface area contributed by atoms with Crippen molar-refractivity contribution in [2.45, 2.75) is 39.3 Å². The molecule has 0 aliphatic carbocycles. The zero-order valence-electron chi connectivity index (χ0n) is 16.1. The Morgan fingerprint density at radius 3 is 2.96 bits per heavy atom. The molecule has 1 saturated heterocycles. The first-order valence-corrected chi connectivity index (χ1v) is 9.47. The fourth-order valence-electron chi connectivity index (χ4n) is 3.60. The molecule has 3 heterocycles. The molecule has 0 bridgehead atoms. The molecule has 4 rings (SSSR count). The van der Waals surface area contributed by atoms with Gasteiger partial charge in [-0.3, -0.25) is 0 Å². The Morgan fingerprint density at radius 1 is 1.32 bits per heavy atom. The SMILES string of the molecule is Cc1nc(C)n(Cc2cccc(NC(=O)N3CCCC(n4ccnn4)C3)c2)n1. The Morgan fingerprint density at radius 2 is 2.21 bits per heavy atom. The largest absolute Gasteiger partial charge is 0.322 e. The predicted molar refractivity (Wildman–Crippen MR) is 104 cm³/mol. The lowest BCUT2D eigenvalue weighted by molar-refractivity contribution is 0.174. The van der Waals surface area contributed by atoms with Gasteiger partial charge >= 0.3 is 6.03 Å². The van der Waals surface area contributed by atoms with Crippen molar-refractivity contribution in [1.29, 1.82) is 0 Å². The Bertz CT molecular complexity index is 949. The monoisotopic (exact) mass is 380 g/mol. The highest BCUT2D eigenvalue weighted by molar-refractivity contribution is 5.89. The molecule has 2 amide bonds. The average molecular weight is 380 g/mol. The number of hydrogen-bond acceptors (Lipinski definition) is 5. The van der Waals surface area contributed by atoms with Crippen molar-refractivity contribution >= 4 is 11.7 Å². The van der Waals surface area contributed by atoms with E-state index in [1.165, 1.54) is 0 Å². The van der Waals surface area contributed by atoms with E-state index in [-0.39, 0.29) is 12.1 Å². The number of carbonyl (C=O) groups excluding carboxylic acids is 1. The van der Waals surface area contributed by atoms with E-state index in [0.717, 1.165) is 42.3 Å². The number of hydrogen-bond donors (Lipinski definition) is 1. The van der Waals surface area contributed by atoms with Crippen LogP contribution in [0.25, 0.3) is 0 Å². The Hall–Kier alpha value is -3.23. The van der Waals surface area contributed by atoms with Gasteiger partial charge < -0.3 is 10.2 Å². The molecule has 2 aromatic heterocycles. The number of benzene rings is 1. The average Bonchev–Trinajstić information content (AvgIpc) is 3.32. The molecule has 3 aromatic rings. The van der Waals surface area contributed by atoms with Crippen molar-refractivity contribution in [2.75, 3.05) is 18.4 Å². The topological polar surface area (TPSA) is 93.8 Å². The van der Waals surface area contributed by atoms with Gasteiger partial charge in [-0.1, -0.05) is 17.3 Å². The van der Waals surface area contributed by atoms with Crippen LogP contribution in [0.15, 0.2) is 36.7 Å². The summed E-state index contributed by atoms with van der Waals surface area (Å²) in [4.78, 5) is 18.9. The summed E-state index contributed by atoms with van der Waals surface area (Å²) in [6.45, 7) is 5.81. The van der Waals surface area contributed by atoms with Gasteiger partial charge in [0.05, 0.1) is 18.8 Å². The standard InChI is InChI=1S/C19H24N8O/c1-14-21-15(2)27(23-14)12-16-5-3-6-17(11-16)22-19(28)25-9-4-7-18(13-25)26-10-8-20-24-26/h3,5-6,8,10-11,18H,4,7,9,12-13H2,1-2H3,(H,22,28). The number of urea groups is 1. The molecule has 1 aromatic carbocycles. The van der Waals surface area contributed by atoms with E-state index in [0.29, 0.717) is 13.1 Å². The number of aryl methyl sites for hydroxylation is 2. The molecule has 0 radical (unpaired) electrons. The molecule has 1 fully saturated rings. The number of anilines is 1. The molecule has 1 aliphatic rings. The van der Waals surface area contributed by atoms with Crippen molar-refractivity contribution in [1.82, 2.24) is 34.7 Å². The number of nitrogens with zero attached hydrogens (tertiary/aromatic N) is 7. The minimum Gasteiger partial charge on any atom is -0.322 e. The first-order valence-electron chi connectivity index (χ1n) is 9.47. The molecule has 28 heavy (non-hydrogen) atoms. The van der Waals surface area contributed by atoms with Crippen LogP contribution in [-0.4, -0.2) is 53.8 Å². The van der Waals surface area contributed by atoms with E-state index in [2.05, 4.69) is 25.7 Å². The maximum absolute atomic E-state index is 12.8. The number of likely N-dealkylation sites (tertiary alicyclic amines) is 1. The number of aromatic nitrogens is 6. The number of piperidine rings is 1. The quantitative estimate of drug-likeness (QED) is 0.750. The summed E-state index contributed by atoms with van der Waals surface area (Å²) >= 11 is 0. The molecule has 9 heteroatoms. The van der Waals surface area contributed by atoms with Gasteiger partial charge in [-0.25, -0.2) is 19.1 Å². The number of amides is 2. The van der Waals surface area contributed by atoms with Crippen LogP contribution in [0.2, 0.25) is 0 Å². The fraction of sp³-hybridized carbons (Fsp3) is 0.421. The highest BCUT2D eigenvalue weighted by Crippen LogP contribution is 2.21. The minimum atomic E-state index is -0.0882. The third-order valence-corrected chi connectivity index (χ3v) is 4.97. The van der Waals surface area contributed by atoms with E-state index in [1.54, 1.807) is 6.20 Å². The lowest BCUT2D eigenvalue weighted by Gasteiger charge is -2.32. The Kier molecular flexibility index (Phi) is 5.05. The highest BCUT2D eigenvalue weighted by Gasteiger charge is 2.25. The number of rotatable bonds is 4. The zero-order valence-corrected chi connectivity index (χ0v) is 16.1. The molecule has 1 aliphatic heterocycles. The second kappa shape index (κ2) is 7.79.